The molecule has 2 rings (SSSR count). The number of hydrogen-bond acceptors (Lipinski definition) is 4. The molecule has 20 heavy (non-hydrogen) atoms. The first-order valence-corrected chi connectivity index (χ1v) is 9.61. The molecule has 1 fully saturated rings. The molecule has 0 atom stereocenters. The number of sulfonamides is 1. The van der Waals surface area contributed by atoms with Crippen LogP contribution in [0.25, 0.3) is 0 Å². The summed E-state index contributed by atoms with van der Waals surface area (Å²) in [6, 6.07) is 3.37. The van der Waals surface area contributed by atoms with E-state index in [4.69, 9.17) is 0 Å². The molecule has 5 nitrogen and oxygen atoms in total. The number of halogens is 1. The van der Waals surface area contributed by atoms with Crippen molar-refractivity contribution in [2.24, 2.45) is 0 Å². The van der Waals surface area contributed by atoms with E-state index in [1.165, 1.54) is 12.5 Å². The van der Waals surface area contributed by atoms with E-state index in [9.17, 15) is 13.2 Å². The van der Waals surface area contributed by atoms with Gasteiger partial charge < -0.3 is 5.32 Å². The van der Waals surface area contributed by atoms with E-state index < -0.39 is 10.0 Å². The standard InChI is InChI=1S/C12H17BrN2O3S2/c13-10-6-7-12(19-10)20(17,18)14-8-11(16)15-9-4-2-1-3-5-9/h6-7,9,14H,1-5,8H2,(H,15,16). The highest BCUT2D eigenvalue weighted by atomic mass is 79.9. The van der Waals surface area contributed by atoms with Gasteiger partial charge in [-0.2, -0.15) is 0 Å². The molecule has 0 aromatic carbocycles. The van der Waals surface area contributed by atoms with E-state index in [1.807, 2.05) is 0 Å². The quantitative estimate of drug-likeness (QED) is 0.822. The number of thiophene rings is 1. The predicted octanol–water partition coefficient (Wildman–Crippen LogP) is 2.24. The predicted molar refractivity (Wildman–Crippen MR) is 82.2 cm³/mol. The summed E-state index contributed by atoms with van der Waals surface area (Å²) in [6.45, 7) is -0.214. The monoisotopic (exact) mass is 380 g/mol. The fourth-order valence-corrected chi connectivity index (χ4v) is 5.24. The summed E-state index contributed by atoms with van der Waals surface area (Å²) >= 11 is 4.33. The number of carbonyl (C=O) groups excluding carboxylic acids is 1. The third-order valence-electron chi connectivity index (χ3n) is 3.21. The van der Waals surface area contributed by atoms with E-state index >= 15 is 0 Å². The highest BCUT2D eigenvalue weighted by molar-refractivity contribution is 9.11. The van der Waals surface area contributed by atoms with Crippen LogP contribution in [0.15, 0.2) is 20.1 Å². The molecule has 8 heteroatoms. The van der Waals surface area contributed by atoms with Crippen LogP contribution in [0, 0.1) is 0 Å². The van der Waals surface area contributed by atoms with E-state index in [0.29, 0.717) is 0 Å². The fourth-order valence-electron chi connectivity index (χ4n) is 2.20. The molecule has 1 amide bonds. The topological polar surface area (TPSA) is 75.3 Å². The summed E-state index contributed by atoms with van der Waals surface area (Å²) in [4.78, 5) is 11.8. The van der Waals surface area contributed by atoms with Crippen molar-refractivity contribution in [1.29, 1.82) is 0 Å². The molecule has 1 saturated carbocycles. The Morgan fingerprint density at radius 2 is 2.00 bits per heavy atom. The summed E-state index contributed by atoms with van der Waals surface area (Å²) in [6.07, 6.45) is 5.43. The van der Waals surface area contributed by atoms with Crippen molar-refractivity contribution in [3.8, 4) is 0 Å². The first-order valence-electron chi connectivity index (χ1n) is 6.52. The van der Waals surface area contributed by atoms with Crippen molar-refractivity contribution in [2.75, 3.05) is 6.54 Å². The Morgan fingerprint density at radius 1 is 1.30 bits per heavy atom. The van der Waals surface area contributed by atoms with Crippen LogP contribution in [0.2, 0.25) is 0 Å². The number of amides is 1. The van der Waals surface area contributed by atoms with Crippen LogP contribution in [0.3, 0.4) is 0 Å². The molecular formula is C12H17BrN2O3S2. The van der Waals surface area contributed by atoms with Crippen molar-refractivity contribution in [3.63, 3.8) is 0 Å². The van der Waals surface area contributed by atoms with E-state index in [-0.39, 0.29) is 22.7 Å². The van der Waals surface area contributed by atoms with Crippen LogP contribution in [0.4, 0.5) is 0 Å². The van der Waals surface area contributed by atoms with Crippen LogP contribution in [0.5, 0.6) is 0 Å². The van der Waals surface area contributed by atoms with E-state index in [0.717, 1.165) is 40.8 Å². The molecular weight excluding hydrogens is 364 g/mol. The number of carbonyl (C=O) groups is 1. The SMILES string of the molecule is O=C(CNS(=O)(=O)c1ccc(Br)s1)NC1CCCCC1. The smallest absolute Gasteiger partial charge is 0.250 e. The normalized spacial score (nSPS) is 17.1. The molecule has 1 aromatic rings. The molecule has 0 bridgehead atoms. The Balaban J connectivity index is 1.83. The van der Waals surface area contributed by atoms with Gasteiger partial charge in [-0.1, -0.05) is 19.3 Å². The van der Waals surface area contributed by atoms with E-state index in [2.05, 4.69) is 26.0 Å². The Kier molecular flexibility index (Phi) is 5.59. The van der Waals surface area contributed by atoms with E-state index in [1.54, 1.807) is 6.07 Å². The summed E-state index contributed by atoms with van der Waals surface area (Å²) in [5.74, 6) is -0.268. The minimum atomic E-state index is -3.60. The van der Waals surface area contributed by atoms with Crippen LogP contribution in [-0.4, -0.2) is 26.9 Å². The van der Waals surface area contributed by atoms with Gasteiger partial charge in [0, 0.05) is 6.04 Å². The third kappa shape index (κ3) is 4.54. The van der Waals surface area contributed by atoms with Crippen molar-refractivity contribution < 1.29 is 13.2 Å². The van der Waals surface area contributed by atoms with Gasteiger partial charge in [0.1, 0.15) is 4.21 Å². The van der Waals surface area contributed by atoms with Crippen molar-refractivity contribution >= 4 is 43.2 Å². The summed E-state index contributed by atoms with van der Waals surface area (Å²) < 4.78 is 27.2. The average molecular weight is 381 g/mol. The van der Waals surface area contributed by atoms with Crippen LogP contribution < -0.4 is 10.0 Å². The molecule has 1 aliphatic rings. The van der Waals surface area contributed by atoms with Crippen molar-refractivity contribution in [3.05, 3.63) is 15.9 Å². The van der Waals surface area contributed by atoms with Gasteiger partial charge in [-0.15, -0.1) is 11.3 Å². The molecule has 2 N–H and O–H groups in total. The minimum Gasteiger partial charge on any atom is -0.352 e. The van der Waals surface area contributed by atoms with Gasteiger partial charge in [0.25, 0.3) is 10.0 Å². The highest BCUT2D eigenvalue weighted by Gasteiger charge is 2.19. The van der Waals surface area contributed by atoms with Crippen LogP contribution in [0.1, 0.15) is 32.1 Å². The Labute approximate surface area is 131 Å². The zero-order chi connectivity index (χ0) is 14.6. The second-order valence-electron chi connectivity index (χ2n) is 4.79. The Hall–Kier alpha value is -0.440. The fraction of sp³-hybridized carbons (Fsp3) is 0.583. The first-order chi connectivity index (χ1) is 9.47. The number of nitrogens with one attached hydrogen (secondary N) is 2. The molecule has 1 aromatic heterocycles. The maximum absolute atomic E-state index is 11.9. The largest absolute Gasteiger partial charge is 0.352 e. The van der Waals surface area contributed by atoms with Crippen LogP contribution >= 0.6 is 27.3 Å². The first kappa shape index (κ1) is 15.9. The maximum Gasteiger partial charge on any atom is 0.250 e. The van der Waals surface area contributed by atoms with Gasteiger partial charge in [0.2, 0.25) is 5.91 Å². The average Bonchev–Trinajstić information content (AvgIpc) is 2.85. The lowest BCUT2D eigenvalue weighted by Crippen LogP contribution is -2.42. The van der Waals surface area contributed by atoms with Crippen LogP contribution in [-0.2, 0) is 14.8 Å². The molecule has 0 saturated heterocycles. The molecule has 0 spiro atoms. The summed E-state index contributed by atoms with van der Waals surface area (Å²) in [5, 5.41) is 2.88. The maximum atomic E-state index is 11.9. The zero-order valence-corrected chi connectivity index (χ0v) is 14.1. The molecule has 0 radical (unpaired) electrons. The van der Waals surface area contributed by atoms with Gasteiger partial charge >= 0.3 is 0 Å². The van der Waals surface area contributed by atoms with Crippen molar-refractivity contribution in [2.45, 2.75) is 42.4 Å². The third-order valence-corrected chi connectivity index (χ3v) is 6.72. The molecule has 1 aliphatic carbocycles. The second-order valence-corrected chi connectivity index (χ2v) is 9.24. The van der Waals surface area contributed by atoms with Gasteiger partial charge in [-0.3, -0.25) is 4.79 Å². The molecule has 1 heterocycles. The number of hydrogen-bond donors (Lipinski definition) is 2. The highest BCUT2D eigenvalue weighted by Crippen LogP contribution is 2.25. The van der Waals surface area contributed by atoms with Crippen molar-refractivity contribution in [1.82, 2.24) is 10.0 Å². The summed E-state index contributed by atoms with van der Waals surface area (Å²) in [7, 11) is -3.60. The lowest BCUT2D eigenvalue weighted by Gasteiger charge is -2.22. The minimum absolute atomic E-state index is 0.191. The lowest BCUT2D eigenvalue weighted by molar-refractivity contribution is -0.120. The molecule has 0 unspecified atom stereocenters. The van der Waals surface area contributed by atoms with Gasteiger partial charge in [0.05, 0.1) is 10.3 Å². The van der Waals surface area contributed by atoms with Gasteiger partial charge in [-0.25, -0.2) is 13.1 Å². The Bertz CT molecular complexity index is 565. The Morgan fingerprint density at radius 3 is 2.60 bits per heavy atom. The number of rotatable bonds is 5. The zero-order valence-electron chi connectivity index (χ0n) is 10.9. The van der Waals surface area contributed by atoms with Gasteiger partial charge in [-0.05, 0) is 40.9 Å². The molecule has 0 aliphatic heterocycles. The lowest BCUT2D eigenvalue weighted by atomic mass is 9.95. The summed E-state index contributed by atoms with van der Waals surface area (Å²) in [5.41, 5.74) is 0. The van der Waals surface area contributed by atoms with Gasteiger partial charge in [0.15, 0.2) is 0 Å². The molecule has 112 valence electrons. The second kappa shape index (κ2) is 7.02.